The first-order valence-corrected chi connectivity index (χ1v) is 3.95. The van der Waals surface area contributed by atoms with Crippen molar-refractivity contribution in [1.29, 1.82) is 0 Å². The third-order valence-corrected chi connectivity index (χ3v) is 2.09. The SMILES string of the molecule is CCC1O[C@@H](O)C(O)C(O)[C@H]1O. The van der Waals surface area contributed by atoms with Crippen molar-refractivity contribution >= 4 is 0 Å². The fourth-order valence-electron chi connectivity index (χ4n) is 1.27. The maximum atomic E-state index is 9.28. The molecule has 1 aliphatic rings. The van der Waals surface area contributed by atoms with Crippen LogP contribution in [0.1, 0.15) is 13.3 Å². The second kappa shape index (κ2) is 3.68. The predicted octanol–water partition coefficient (Wildman–Crippen LogP) is -1.80. The Morgan fingerprint density at radius 2 is 1.58 bits per heavy atom. The van der Waals surface area contributed by atoms with E-state index in [4.69, 9.17) is 14.9 Å². The first kappa shape index (κ1) is 9.88. The van der Waals surface area contributed by atoms with E-state index in [0.717, 1.165) is 0 Å². The van der Waals surface area contributed by atoms with Gasteiger partial charge in [-0.1, -0.05) is 6.92 Å². The smallest absolute Gasteiger partial charge is 0.183 e. The monoisotopic (exact) mass is 178 g/mol. The molecule has 1 rings (SSSR count). The molecule has 4 N–H and O–H groups in total. The molecule has 0 aromatic carbocycles. The molecule has 1 fully saturated rings. The van der Waals surface area contributed by atoms with Gasteiger partial charge in [-0.05, 0) is 6.42 Å². The van der Waals surface area contributed by atoms with E-state index in [-0.39, 0.29) is 0 Å². The van der Waals surface area contributed by atoms with Crippen LogP contribution in [0.25, 0.3) is 0 Å². The van der Waals surface area contributed by atoms with Crippen LogP contribution in [0, 0.1) is 0 Å². The molecule has 5 atom stereocenters. The standard InChI is InChI=1S/C7H14O5/c1-2-3-4(8)5(9)6(10)7(11)12-3/h3-11H,2H2,1H3/t3?,4-,5?,6?,7+/m0/s1. The Bertz CT molecular complexity index is 146. The maximum absolute atomic E-state index is 9.28. The quantitative estimate of drug-likeness (QED) is 0.380. The summed E-state index contributed by atoms with van der Waals surface area (Å²) in [4.78, 5) is 0. The summed E-state index contributed by atoms with van der Waals surface area (Å²) in [5.74, 6) is 0. The molecule has 0 aromatic heterocycles. The van der Waals surface area contributed by atoms with E-state index in [0.29, 0.717) is 6.42 Å². The summed E-state index contributed by atoms with van der Waals surface area (Å²) in [6.07, 6.45) is -5.44. The summed E-state index contributed by atoms with van der Waals surface area (Å²) in [6, 6.07) is 0. The van der Waals surface area contributed by atoms with Gasteiger partial charge in [0.1, 0.15) is 18.3 Å². The lowest BCUT2D eigenvalue weighted by molar-refractivity contribution is -0.281. The first-order valence-electron chi connectivity index (χ1n) is 3.95. The minimum atomic E-state index is -1.43. The number of rotatable bonds is 1. The second-order valence-electron chi connectivity index (χ2n) is 2.95. The van der Waals surface area contributed by atoms with Gasteiger partial charge in [0.2, 0.25) is 0 Å². The molecule has 0 bridgehead atoms. The highest BCUT2D eigenvalue weighted by Crippen LogP contribution is 2.21. The Balaban J connectivity index is 2.63. The van der Waals surface area contributed by atoms with Gasteiger partial charge in [-0.15, -0.1) is 0 Å². The molecule has 0 amide bonds. The van der Waals surface area contributed by atoms with E-state index in [1.807, 2.05) is 0 Å². The molecule has 0 radical (unpaired) electrons. The molecule has 1 heterocycles. The molecule has 0 spiro atoms. The molecule has 5 heteroatoms. The van der Waals surface area contributed by atoms with Crippen LogP contribution in [0.2, 0.25) is 0 Å². The topological polar surface area (TPSA) is 90.2 Å². The van der Waals surface area contributed by atoms with E-state index in [1.54, 1.807) is 6.92 Å². The summed E-state index contributed by atoms with van der Waals surface area (Å²) >= 11 is 0. The van der Waals surface area contributed by atoms with Crippen LogP contribution in [-0.2, 0) is 4.74 Å². The van der Waals surface area contributed by atoms with E-state index < -0.39 is 30.7 Å². The number of hydrogen-bond donors (Lipinski definition) is 4. The molecule has 1 aliphatic heterocycles. The fraction of sp³-hybridized carbons (Fsp3) is 1.00. The van der Waals surface area contributed by atoms with Crippen molar-refractivity contribution in [3.8, 4) is 0 Å². The maximum Gasteiger partial charge on any atom is 0.183 e. The molecular formula is C7H14O5. The van der Waals surface area contributed by atoms with E-state index in [2.05, 4.69) is 0 Å². The molecule has 72 valence electrons. The van der Waals surface area contributed by atoms with Crippen molar-refractivity contribution in [3.05, 3.63) is 0 Å². The van der Waals surface area contributed by atoms with Crippen molar-refractivity contribution in [2.45, 2.75) is 44.1 Å². The Kier molecular flexibility index (Phi) is 3.03. The summed E-state index contributed by atoms with van der Waals surface area (Å²) in [6.45, 7) is 1.75. The lowest BCUT2D eigenvalue weighted by atomic mass is 9.97. The predicted molar refractivity (Wildman–Crippen MR) is 39.2 cm³/mol. The number of hydrogen-bond acceptors (Lipinski definition) is 5. The molecule has 12 heavy (non-hydrogen) atoms. The average Bonchev–Trinajstić information content (AvgIpc) is 2.08. The van der Waals surface area contributed by atoms with Crippen LogP contribution in [-0.4, -0.2) is 51.1 Å². The van der Waals surface area contributed by atoms with Gasteiger partial charge in [0.15, 0.2) is 6.29 Å². The zero-order chi connectivity index (χ0) is 9.30. The van der Waals surface area contributed by atoms with Crippen molar-refractivity contribution in [2.75, 3.05) is 0 Å². The van der Waals surface area contributed by atoms with Gasteiger partial charge in [-0.3, -0.25) is 0 Å². The van der Waals surface area contributed by atoms with Gasteiger partial charge >= 0.3 is 0 Å². The zero-order valence-corrected chi connectivity index (χ0v) is 6.79. The van der Waals surface area contributed by atoms with Gasteiger partial charge in [-0.2, -0.15) is 0 Å². The highest BCUT2D eigenvalue weighted by molar-refractivity contribution is 4.87. The largest absolute Gasteiger partial charge is 0.388 e. The van der Waals surface area contributed by atoms with Crippen molar-refractivity contribution < 1.29 is 25.2 Å². The number of aliphatic hydroxyl groups is 4. The van der Waals surface area contributed by atoms with Crippen LogP contribution < -0.4 is 0 Å². The Morgan fingerprint density at radius 1 is 1.00 bits per heavy atom. The summed E-state index contributed by atoms with van der Waals surface area (Å²) in [5.41, 5.74) is 0. The molecule has 3 unspecified atom stereocenters. The minimum absolute atomic E-state index is 0.474. The Morgan fingerprint density at radius 3 is 2.08 bits per heavy atom. The zero-order valence-electron chi connectivity index (χ0n) is 6.79. The highest BCUT2D eigenvalue weighted by atomic mass is 16.6. The van der Waals surface area contributed by atoms with Crippen molar-refractivity contribution in [3.63, 3.8) is 0 Å². The minimum Gasteiger partial charge on any atom is -0.388 e. The van der Waals surface area contributed by atoms with Crippen molar-refractivity contribution in [2.24, 2.45) is 0 Å². The van der Waals surface area contributed by atoms with Gasteiger partial charge in [-0.25, -0.2) is 0 Å². The lowest BCUT2D eigenvalue weighted by Crippen LogP contribution is -2.57. The normalized spacial score (nSPS) is 49.2. The summed E-state index contributed by atoms with van der Waals surface area (Å²) in [7, 11) is 0. The number of ether oxygens (including phenoxy) is 1. The van der Waals surface area contributed by atoms with E-state index in [9.17, 15) is 10.2 Å². The second-order valence-corrected chi connectivity index (χ2v) is 2.95. The summed E-state index contributed by atoms with van der Waals surface area (Å²) < 4.78 is 4.83. The third-order valence-electron chi connectivity index (χ3n) is 2.09. The van der Waals surface area contributed by atoms with Crippen molar-refractivity contribution in [1.82, 2.24) is 0 Å². The lowest BCUT2D eigenvalue weighted by Gasteiger charge is -2.37. The molecule has 0 saturated carbocycles. The number of aliphatic hydroxyl groups excluding tert-OH is 4. The summed E-state index contributed by atoms with van der Waals surface area (Å²) in [5, 5.41) is 36.5. The molecule has 0 aromatic rings. The van der Waals surface area contributed by atoms with E-state index in [1.165, 1.54) is 0 Å². The van der Waals surface area contributed by atoms with Gasteiger partial charge in [0.25, 0.3) is 0 Å². The molecular weight excluding hydrogens is 164 g/mol. The first-order chi connectivity index (χ1) is 5.57. The van der Waals surface area contributed by atoms with Crippen LogP contribution in [0.15, 0.2) is 0 Å². The molecule has 5 nitrogen and oxygen atoms in total. The molecule has 1 saturated heterocycles. The van der Waals surface area contributed by atoms with Crippen LogP contribution >= 0.6 is 0 Å². The Labute approximate surface area is 70.2 Å². The third kappa shape index (κ3) is 1.60. The average molecular weight is 178 g/mol. The van der Waals surface area contributed by atoms with Crippen LogP contribution in [0.5, 0.6) is 0 Å². The molecule has 0 aliphatic carbocycles. The highest BCUT2D eigenvalue weighted by Gasteiger charge is 2.41. The van der Waals surface area contributed by atoms with E-state index >= 15 is 0 Å². The van der Waals surface area contributed by atoms with Crippen LogP contribution in [0.3, 0.4) is 0 Å². The van der Waals surface area contributed by atoms with Gasteiger partial charge < -0.3 is 25.2 Å². The van der Waals surface area contributed by atoms with Crippen LogP contribution in [0.4, 0.5) is 0 Å². The van der Waals surface area contributed by atoms with Gasteiger partial charge in [0.05, 0.1) is 6.10 Å². The Hall–Kier alpha value is -0.200. The fourth-order valence-corrected chi connectivity index (χ4v) is 1.27. The van der Waals surface area contributed by atoms with Gasteiger partial charge in [0, 0.05) is 0 Å².